The summed E-state index contributed by atoms with van der Waals surface area (Å²) in [6.07, 6.45) is 0.926. The van der Waals surface area contributed by atoms with Gasteiger partial charge in [-0.25, -0.2) is 16.8 Å². The SMILES string of the molecule is CS(=O)(=O)NS(=O)(=O)Cc1cccc2ccc(OCC3CO3)cc12. The topological polar surface area (TPSA) is 102 Å². The van der Waals surface area contributed by atoms with Crippen molar-refractivity contribution in [3.05, 3.63) is 42.0 Å². The Balaban J connectivity index is 1.90. The molecule has 3 rings (SSSR count). The highest BCUT2D eigenvalue weighted by atomic mass is 32.3. The molecule has 2 aromatic rings. The van der Waals surface area contributed by atoms with Crippen LogP contribution in [0.1, 0.15) is 5.56 Å². The van der Waals surface area contributed by atoms with E-state index < -0.39 is 25.8 Å². The molecule has 1 aliphatic heterocycles. The van der Waals surface area contributed by atoms with Crippen molar-refractivity contribution < 1.29 is 26.3 Å². The maximum atomic E-state index is 12.0. The molecule has 9 heteroatoms. The van der Waals surface area contributed by atoms with E-state index in [-0.39, 0.29) is 6.10 Å². The molecule has 1 fully saturated rings. The van der Waals surface area contributed by atoms with Crippen molar-refractivity contribution in [2.24, 2.45) is 0 Å². The van der Waals surface area contributed by atoms with Crippen molar-refractivity contribution in [2.75, 3.05) is 19.5 Å². The van der Waals surface area contributed by atoms with Gasteiger partial charge in [0.1, 0.15) is 18.5 Å². The fourth-order valence-electron chi connectivity index (χ4n) is 2.35. The fraction of sp³-hybridized carbons (Fsp3) is 0.333. The van der Waals surface area contributed by atoms with E-state index in [1.54, 1.807) is 28.4 Å². The van der Waals surface area contributed by atoms with Gasteiger partial charge in [-0.2, -0.15) is 0 Å². The van der Waals surface area contributed by atoms with Crippen LogP contribution in [0.25, 0.3) is 10.8 Å². The van der Waals surface area contributed by atoms with Crippen LogP contribution in [0.5, 0.6) is 5.75 Å². The summed E-state index contributed by atoms with van der Waals surface area (Å²) < 4.78 is 58.8. The number of hydrogen-bond acceptors (Lipinski definition) is 6. The van der Waals surface area contributed by atoms with Crippen LogP contribution in [0.4, 0.5) is 0 Å². The minimum Gasteiger partial charge on any atom is -0.491 e. The Morgan fingerprint density at radius 1 is 1.21 bits per heavy atom. The summed E-state index contributed by atoms with van der Waals surface area (Å²) >= 11 is 0. The van der Waals surface area contributed by atoms with Crippen LogP contribution >= 0.6 is 0 Å². The molecular formula is C15H17NO6S2. The van der Waals surface area contributed by atoms with Crippen LogP contribution in [-0.2, 0) is 30.5 Å². The van der Waals surface area contributed by atoms with Gasteiger partial charge in [0.15, 0.2) is 0 Å². The zero-order valence-corrected chi connectivity index (χ0v) is 14.6. The van der Waals surface area contributed by atoms with Gasteiger partial charge in [-0.3, -0.25) is 0 Å². The molecule has 0 radical (unpaired) electrons. The van der Waals surface area contributed by atoms with E-state index in [4.69, 9.17) is 9.47 Å². The molecular weight excluding hydrogens is 354 g/mol. The van der Waals surface area contributed by atoms with Crippen LogP contribution in [0.3, 0.4) is 0 Å². The number of rotatable bonds is 7. The van der Waals surface area contributed by atoms with Gasteiger partial charge < -0.3 is 9.47 Å². The first-order chi connectivity index (χ1) is 11.2. The Hall–Kier alpha value is -1.68. The van der Waals surface area contributed by atoms with E-state index in [0.717, 1.165) is 11.6 Å². The highest BCUT2D eigenvalue weighted by molar-refractivity contribution is 8.04. The molecule has 1 heterocycles. The van der Waals surface area contributed by atoms with Gasteiger partial charge in [-0.05, 0) is 28.5 Å². The Labute approximate surface area is 140 Å². The van der Waals surface area contributed by atoms with Crippen molar-refractivity contribution in [2.45, 2.75) is 11.9 Å². The van der Waals surface area contributed by atoms with Gasteiger partial charge in [0.25, 0.3) is 0 Å². The van der Waals surface area contributed by atoms with Crippen LogP contribution in [0.15, 0.2) is 36.4 Å². The van der Waals surface area contributed by atoms with Gasteiger partial charge in [0.05, 0.1) is 18.6 Å². The monoisotopic (exact) mass is 371 g/mol. The molecule has 24 heavy (non-hydrogen) atoms. The lowest BCUT2D eigenvalue weighted by molar-refractivity contribution is 0.263. The molecule has 2 aromatic carbocycles. The Morgan fingerprint density at radius 3 is 2.62 bits per heavy atom. The lowest BCUT2D eigenvalue weighted by atomic mass is 10.1. The summed E-state index contributed by atoms with van der Waals surface area (Å²) in [5.41, 5.74) is 0.497. The second-order valence-corrected chi connectivity index (χ2v) is 9.41. The van der Waals surface area contributed by atoms with E-state index in [1.807, 2.05) is 12.1 Å². The largest absolute Gasteiger partial charge is 0.491 e. The van der Waals surface area contributed by atoms with Gasteiger partial charge in [0.2, 0.25) is 20.0 Å². The highest BCUT2D eigenvalue weighted by Crippen LogP contribution is 2.26. The maximum Gasteiger partial charge on any atom is 0.228 e. The lowest BCUT2D eigenvalue weighted by Crippen LogP contribution is -2.30. The zero-order chi connectivity index (χ0) is 17.4. The third-order valence-corrected chi connectivity index (χ3v) is 6.32. The van der Waals surface area contributed by atoms with E-state index in [2.05, 4.69) is 0 Å². The first kappa shape index (κ1) is 17.2. The van der Waals surface area contributed by atoms with Gasteiger partial charge in [0, 0.05) is 0 Å². The number of fused-ring (bicyclic) bond motifs is 1. The summed E-state index contributed by atoms with van der Waals surface area (Å²) in [6.45, 7) is 1.13. The quantitative estimate of drug-likeness (QED) is 0.729. The molecule has 0 amide bonds. The van der Waals surface area contributed by atoms with Gasteiger partial charge in [-0.15, -0.1) is 4.13 Å². The van der Waals surface area contributed by atoms with Crippen LogP contribution in [0, 0.1) is 0 Å². The molecule has 1 aliphatic rings. The molecule has 1 saturated heterocycles. The molecule has 0 aliphatic carbocycles. The normalized spacial score (nSPS) is 17.8. The number of epoxide rings is 1. The average molecular weight is 371 g/mol. The van der Waals surface area contributed by atoms with Crippen molar-refractivity contribution in [3.8, 4) is 5.75 Å². The second kappa shape index (κ2) is 6.32. The number of ether oxygens (including phenoxy) is 2. The average Bonchev–Trinajstić information content (AvgIpc) is 3.26. The van der Waals surface area contributed by atoms with Gasteiger partial charge >= 0.3 is 0 Å². The third-order valence-electron chi connectivity index (χ3n) is 3.41. The first-order valence-corrected chi connectivity index (χ1v) is 10.7. The molecule has 130 valence electrons. The smallest absolute Gasteiger partial charge is 0.228 e. The number of sulfonamides is 2. The van der Waals surface area contributed by atoms with E-state index in [0.29, 0.717) is 29.9 Å². The molecule has 7 nitrogen and oxygen atoms in total. The van der Waals surface area contributed by atoms with Crippen molar-refractivity contribution >= 4 is 30.8 Å². The molecule has 1 N–H and O–H groups in total. The van der Waals surface area contributed by atoms with Crippen molar-refractivity contribution in [1.29, 1.82) is 0 Å². The molecule has 1 unspecified atom stereocenters. The van der Waals surface area contributed by atoms with E-state index >= 15 is 0 Å². The molecule has 1 atom stereocenters. The van der Waals surface area contributed by atoms with Crippen LogP contribution in [0.2, 0.25) is 0 Å². The van der Waals surface area contributed by atoms with Crippen LogP contribution in [-0.4, -0.2) is 42.4 Å². The predicted molar refractivity (Wildman–Crippen MR) is 89.8 cm³/mol. The highest BCUT2D eigenvalue weighted by Gasteiger charge is 2.23. The van der Waals surface area contributed by atoms with Crippen molar-refractivity contribution in [1.82, 2.24) is 4.13 Å². The van der Waals surface area contributed by atoms with E-state index in [1.165, 1.54) is 0 Å². The zero-order valence-electron chi connectivity index (χ0n) is 12.9. The van der Waals surface area contributed by atoms with Crippen molar-refractivity contribution in [3.63, 3.8) is 0 Å². The second-order valence-electron chi connectivity index (χ2n) is 5.68. The minimum atomic E-state index is -4.01. The predicted octanol–water partition coefficient (Wildman–Crippen LogP) is 0.996. The first-order valence-electron chi connectivity index (χ1n) is 7.19. The van der Waals surface area contributed by atoms with Gasteiger partial charge in [-0.1, -0.05) is 24.3 Å². The minimum absolute atomic E-state index is 0.121. The Bertz CT molecular complexity index is 965. The molecule has 0 spiro atoms. The summed E-state index contributed by atoms with van der Waals surface area (Å²) in [7, 11) is -7.86. The summed E-state index contributed by atoms with van der Waals surface area (Å²) in [5, 5.41) is 1.54. The number of hydrogen-bond donors (Lipinski definition) is 1. The van der Waals surface area contributed by atoms with E-state index in [9.17, 15) is 16.8 Å². The third kappa shape index (κ3) is 4.67. The number of nitrogens with one attached hydrogen (secondary N) is 1. The fourth-order valence-corrected chi connectivity index (χ4v) is 5.09. The Morgan fingerprint density at radius 2 is 1.96 bits per heavy atom. The summed E-state index contributed by atoms with van der Waals surface area (Å²) in [5.74, 6) is 0.172. The molecule has 0 saturated carbocycles. The molecule has 0 bridgehead atoms. The Kier molecular flexibility index (Phi) is 4.52. The van der Waals surface area contributed by atoms with Crippen LogP contribution < -0.4 is 8.86 Å². The molecule has 0 aromatic heterocycles. The lowest BCUT2D eigenvalue weighted by Gasteiger charge is -2.10. The number of benzene rings is 2. The summed E-state index contributed by atoms with van der Waals surface area (Å²) in [6, 6.07) is 10.6. The standard InChI is InChI=1S/C15H17NO6S2/c1-23(17,18)16-24(19,20)10-12-4-2-3-11-5-6-13(7-15(11)12)21-8-14-9-22-14/h2-7,14,16H,8-10H2,1H3. The maximum absolute atomic E-state index is 12.0. The summed E-state index contributed by atoms with van der Waals surface area (Å²) in [4.78, 5) is 0.